The maximum absolute atomic E-state index is 13.1. The van der Waals surface area contributed by atoms with Gasteiger partial charge < -0.3 is 5.73 Å². The van der Waals surface area contributed by atoms with Crippen LogP contribution in [0.1, 0.15) is 11.3 Å². The fraction of sp³-hybridized carbons (Fsp3) is 0.143. The van der Waals surface area contributed by atoms with Crippen molar-refractivity contribution in [2.24, 2.45) is 0 Å². The summed E-state index contributed by atoms with van der Waals surface area (Å²) in [5.74, 6) is 0.316. The number of halogens is 3. The number of imidazole rings is 1. The Morgan fingerprint density at radius 1 is 1.10 bits per heavy atom. The van der Waals surface area contributed by atoms with Crippen LogP contribution < -0.4 is 5.73 Å². The van der Waals surface area contributed by atoms with Gasteiger partial charge in [-0.05, 0) is 25.1 Å². The molecule has 21 heavy (non-hydrogen) atoms. The van der Waals surface area contributed by atoms with Gasteiger partial charge in [0.1, 0.15) is 5.82 Å². The molecule has 1 aromatic carbocycles. The Balaban J connectivity index is 2.24. The average Bonchev–Trinajstić information content (AvgIpc) is 2.73. The van der Waals surface area contributed by atoms with E-state index in [1.54, 1.807) is 19.1 Å². The molecule has 0 saturated carbocycles. The first-order chi connectivity index (χ1) is 9.88. The number of benzene rings is 1. The number of hydrogen-bond donors (Lipinski definition) is 1. The zero-order valence-electron chi connectivity index (χ0n) is 11.0. The van der Waals surface area contributed by atoms with E-state index in [-0.39, 0.29) is 11.3 Å². The lowest BCUT2D eigenvalue weighted by atomic mass is 10.0. The summed E-state index contributed by atoms with van der Waals surface area (Å²) in [5.41, 5.74) is 6.39. The van der Waals surface area contributed by atoms with Gasteiger partial charge in [0.15, 0.2) is 5.65 Å². The smallest absolute Gasteiger partial charge is 0.382 e. The molecule has 0 spiro atoms. The Kier molecular flexibility index (Phi) is 2.86. The van der Waals surface area contributed by atoms with Crippen molar-refractivity contribution in [2.45, 2.75) is 13.1 Å². The molecular formula is C14H11F3N4. The molecule has 0 bridgehead atoms. The zero-order chi connectivity index (χ0) is 15.2. The molecule has 0 aliphatic heterocycles. The largest absolute Gasteiger partial charge is 0.417 e. The van der Waals surface area contributed by atoms with Gasteiger partial charge in [0.05, 0.1) is 17.0 Å². The third-order valence-electron chi connectivity index (χ3n) is 3.20. The van der Waals surface area contributed by atoms with E-state index in [2.05, 4.69) is 10.1 Å². The van der Waals surface area contributed by atoms with Gasteiger partial charge in [-0.2, -0.15) is 22.8 Å². The first-order valence-corrected chi connectivity index (χ1v) is 6.16. The highest BCUT2D eigenvalue weighted by molar-refractivity contribution is 5.66. The van der Waals surface area contributed by atoms with Crippen LogP contribution in [0.4, 0.5) is 19.0 Å². The van der Waals surface area contributed by atoms with Gasteiger partial charge in [-0.25, -0.2) is 4.98 Å². The van der Waals surface area contributed by atoms with E-state index in [0.29, 0.717) is 17.2 Å². The standard InChI is InChI=1S/C14H11F3N4/c1-8-13(18)21-12(19-8)7-6-11(20-21)9-4-2-3-5-10(9)14(15,16)17/h2-7H,18H2,1H3. The van der Waals surface area contributed by atoms with Gasteiger partial charge in [0.2, 0.25) is 0 Å². The molecule has 2 heterocycles. The first kappa shape index (κ1) is 13.4. The van der Waals surface area contributed by atoms with Crippen molar-refractivity contribution < 1.29 is 13.2 Å². The highest BCUT2D eigenvalue weighted by atomic mass is 19.4. The summed E-state index contributed by atoms with van der Waals surface area (Å²) in [4.78, 5) is 4.17. The third-order valence-corrected chi connectivity index (χ3v) is 3.20. The molecule has 0 aliphatic rings. The number of anilines is 1. The van der Waals surface area contributed by atoms with E-state index in [1.807, 2.05) is 0 Å². The van der Waals surface area contributed by atoms with Crippen LogP contribution in [-0.4, -0.2) is 14.6 Å². The van der Waals surface area contributed by atoms with Gasteiger partial charge in [-0.1, -0.05) is 18.2 Å². The minimum Gasteiger partial charge on any atom is -0.382 e. The molecule has 0 amide bonds. The predicted octanol–water partition coefficient (Wildman–Crippen LogP) is 3.31. The molecule has 108 valence electrons. The monoisotopic (exact) mass is 292 g/mol. The van der Waals surface area contributed by atoms with E-state index in [0.717, 1.165) is 6.07 Å². The highest BCUT2D eigenvalue weighted by Crippen LogP contribution is 2.36. The van der Waals surface area contributed by atoms with Crippen LogP contribution in [0.5, 0.6) is 0 Å². The van der Waals surface area contributed by atoms with E-state index in [9.17, 15) is 13.2 Å². The number of nitrogens with two attached hydrogens (primary N) is 1. The topological polar surface area (TPSA) is 56.2 Å². The van der Waals surface area contributed by atoms with E-state index in [4.69, 9.17) is 5.73 Å². The second kappa shape index (κ2) is 4.47. The number of nitrogens with zero attached hydrogens (tertiary/aromatic N) is 3. The van der Waals surface area contributed by atoms with Gasteiger partial charge in [-0.3, -0.25) is 0 Å². The molecule has 3 aromatic rings. The lowest BCUT2D eigenvalue weighted by Crippen LogP contribution is -2.08. The Labute approximate surface area is 118 Å². The number of aromatic nitrogens is 3. The number of hydrogen-bond acceptors (Lipinski definition) is 3. The van der Waals surface area contributed by atoms with Crippen molar-refractivity contribution in [1.82, 2.24) is 14.6 Å². The van der Waals surface area contributed by atoms with Crippen LogP contribution in [-0.2, 0) is 6.18 Å². The van der Waals surface area contributed by atoms with Gasteiger partial charge in [0.25, 0.3) is 0 Å². The molecule has 7 heteroatoms. The quantitative estimate of drug-likeness (QED) is 0.748. The number of nitrogen functional groups attached to an aromatic ring is 1. The van der Waals surface area contributed by atoms with Crippen molar-refractivity contribution in [3.05, 3.63) is 47.7 Å². The molecule has 0 radical (unpaired) electrons. The summed E-state index contributed by atoms with van der Waals surface area (Å²) in [6.07, 6.45) is -4.44. The van der Waals surface area contributed by atoms with Gasteiger partial charge in [0, 0.05) is 5.56 Å². The van der Waals surface area contributed by atoms with Gasteiger partial charge >= 0.3 is 6.18 Å². The normalized spacial score (nSPS) is 12.0. The summed E-state index contributed by atoms with van der Waals surface area (Å²) in [6, 6.07) is 8.41. The van der Waals surface area contributed by atoms with Crippen molar-refractivity contribution in [3.63, 3.8) is 0 Å². The zero-order valence-corrected chi connectivity index (χ0v) is 11.0. The van der Waals surface area contributed by atoms with Crippen LogP contribution in [0.2, 0.25) is 0 Å². The second-order valence-electron chi connectivity index (χ2n) is 4.61. The predicted molar refractivity (Wildman–Crippen MR) is 72.6 cm³/mol. The molecular weight excluding hydrogens is 281 g/mol. The number of alkyl halides is 3. The molecule has 2 aromatic heterocycles. The summed E-state index contributed by atoms with van der Waals surface area (Å²) < 4.78 is 40.5. The molecule has 0 saturated heterocycles. The summed E-state index contributed by atoms with van der Waals surface area (Å²) >= 11 is 0. The van der Waals surface area contributed by atoms with Crippen LogP contribution >= 0.6 is 0 Å². The third kappa shape index (κ3) is 2.20. The lowest BCUT2D eigenvalue weighted by Gasteiger charge is -2.12. The molecule has 0 aliphatic carbocycles. The Hall–Kier alpha value is -2.57. The maximum Gasteiger partial charge on any atom is 0.417 e. The number of rotatable bonds is 1. The van der Waals surface area contributed by atoms with E-state index in [1.165, 1.54) is 22.7 Å². The molecule has 0 fully saturated rings. The Morgan fingerprint density at radius 3 is 2.52 bits per heavy atom. The van der Waals surface area contributed by atoms with E-state index < -0.39 is 11.7 Å². The van der Waals surface area contributed by atoms with E-state index >= 15 is 0 Å². The first-order valence-electron chi connectivity index (χ1n) is 6.16. The van der Waals surface area contributed by atoms with Crippen molar-refractivity contribution in [3.8, 4) is 11.3 Å². The average molecular weight is 292 g/mol. The van der Waals surface area contributed by atoms with Crippen molar-refractivity contribution in [1.29, 1.82) is 0 Å². The highest BCUT2D eigenvalue weighted by Gasteiger charge is 2.33. The van der Waals surface area contributed by atoms with Gasteiger partial charge in [-0.15, -0.1) is 0 Å². The molecule has 2 N–H and O–H groups in total. The lowest BCUT2D eigenvalue weighted by molar-refractivity contribution is -0.137. The number of aryl methyl sites for hydroxylation is 1. The fourth-order valence-electron chi connectivity index (χ4n) is 2.16. The van der Waals surface area contributed by atoms with Crippen LogP contribution in [0.15, 0.2) is 36.4 Å². The van der Waals surface area contributed by atoms with Crippen LogP contribution in [0, 0.1) is 6.92 Å². The van der Waals surface area contributed by atoms with Crippen molar-refractivity contribution in [2.75, 3.05) is 5.73 Å². The maximum atomic E-state index is 13.1. The minimum atomic E-state index is -4.44. The van der Waals surface area contributed by atoms with Crippen LogP contribution in [0.3, 0.4) is 0 Å². The summed E-state index contributed by atoms with van der Waals surface area (Å²) in [5, 5.41) is 4.17. The molecule has 0 atom stereocenters. The SMILES string of the molecule is Cc1nc2ccc(-c3ccccc3C(F)(F)F)nn2c1N. The number of fused-ring (bicyclic) bond motifs is 1. The molecule has 4 nitrogen and oxygen atoms in total. The Morgan fingerprint density at radius 2 is 1.81 bits per heavy atom. The summed E-state index contributed by atoms with van der Waals surface area (Å²) in [7, 11) is 0. The van der Waals surface area contributed by atoms with Crippen LogP contribution in [0.25, 0.3) is 16.9 Å². The summed E-state index contributed by atoms with van der Waals surface area (Å²) in [6.45, 7) is 1.72. The van der Waals surface area contributed by atoms with Crippen molar-refractivity contribution >= 4 is 11.5 Å². The minimum absolute atomic E-state index is 0.0117. The fourth-order valence-corrected chi connectivity index (χ4v) is 2.16. The molecule has 0 unspecified atom stereocenters. The molecule has 3 rings (SSSR count). The Bertz CT molecular complexity index is 821. The second-order valence-corrected chi connectivity index (χ2v) is 4.61.